The highest BCUT2D eigenvalue weighted by atomic mass is 16.5. The van der Waals surface area contributed by atoms with Crippen LogP contribution in [0.25, 0.3) is 0 Å². The van der Waals surface area contributed by atoms with Gasteiger partial charge in [-0.15, -0.1) is 0 Å². The first-order valence-corrected chi connectivity index (χ1v) is 13.4. The highest BCUT2D eigenvalue weighted by molar-refractivity contribution is 5.92. The first-order chi connectivity index (χ1) is 20.4. The van der Waals surface area contributed by atoms with Crippen LogP contribution in [0.5, 0.6) is 40.2 Å². The number of esters is 1. The lowest BCUT2D eigenvalue weighted by atomic mass is 9.83. The molecule has 1 atom stereocenters. The smallest absolute Gasteiger partial charge is 0.343 e. The molecule has 42 heavy (non-hydrogen) atoms. The van der Waals surface area contributed by atoms with E-state index >= 15 is 0 Å². The summed E-state index contributed by atoms with van der Waals surface area (Å²) in [5.41, 5.74) is 8.07. The van der Waals surface area contributed by atoms with Crippen LogP contribution in [-0.4, -0.2) is 41.0 Å². The van der Waals surface area contributed by atoms with E-state index in [1.807, 2.05) is 18.2 Å². The Morgan fingerprint density at radius 3 is 2.24 bits per heavy atom. The third kappa shape index (κ3) is 6.15. The molecule has 1 aliphatic heterocycles. The third-order valence-corrected chi connectivity index (χ3v) is 6.83. The molecule has 0 fully saturated rings. The normalized spacial score (nSPS) is 13.8. The topological polar surface area (TPSA) is 131 Å². The maximum atomic E-state index is 13.1. The lowest BCUT2D eigenvalue weighted by Crippen LogP contribution is -2.21. The van der Waals surface area contributed by atoms with Gasteiger partial charge in [0.1, 0.15) is 23.1 Å². The van der Waals surface area contributed by atoms with Crippen molar-refractivity contribution >= 4 is 5.97 Å². The van der Waals surface area contributed by atoms with Crippen molar-refractivity contribution in [2.45, 2.75) is 32.1 Å². The van der Waals surface area contributed by atoms with E-state index in [-0.39, 0.29) is 22.8 Å². The Kier molecular flexibility index (Phi) is 9.65. The maximum Gasteiger partial charge on any atom is 0.343 e. The van der Waals surface area contributed by atoms with E-state index in [0.717, 1.165) is 24.8 Å². The van der Waals surface area contributed by atoms with Gasteiger partial charge >= 0.3 is 5.97 Å². The number of nitriles is 1. The molecule has 4 rings (SSSR count). The van der Waals surface area contributed by atoms with Crippen LogP contribution in [-0.2, 0) is 0 Å². The van der Waals surface area contributed by atoms with E-state index < -0.39 is 11.9 Å². The fourth-order valence-corrected chi connectivity index (χ4v) is 4.72. The zero-order chi connectivity index (χ0) is 30.2. The van der Waals surface area contributed by atoms with Crippen LogP contribution in [0.2, 0.25) is 0 Å². The van der Waals surface area contributed by atoms with E-state index in [1.54, 1.807) is 25.3 Å². The standard InChI is InChI=1S/C32H34N2O8/c1-6-7-8-13-40-24-12-9-19(14-26(24)36-2)29-22-11-10-21(17-25(22)42-31(34)23(29)18-33)41-32(35)20-15-27(37-3)30(39-5)28(16-20)38-4/h9-12,14-17,29H,6-8,13,34H2,1-5H3. The van der Waals surface area contributed by atoms with Crippen molar-refractivity contribution in [2.75, 3.05) is 35.0 Å². The monoisotopic (exact) mass is 574 g/mol. The minimum atomic E-state index is -0.651. The van der Waals surface area contributed by atoms with Gasteiger partial charge in [-0.1, -0.05) is 31.9 Å². The van der Waals surface area contributed by atoms with Gasteiger partial charge in [-0.05, 0) is 42.3 Å². The molecule has 10 nitrogen and oxygen atoms in total. The number of fused-ring (bicyclic) bond motifs is 1. The van der Waals surface area contributed by atoms with Crippen LogP contribution < -0.4 is 38.9 Å². The van der Waals surface area contributed by atoms with Crippen LogP contribution >= 0.6 is 0 Å². The number of ether oxygens (including phenoxy) is 7. The number of allylic oxidation sites excluding steroid dienone is 1. The van der Waals surface area contributed by atoms with E-state index in [1.165, 1.54) is 33.5 Å². The van der Waals surface area contributed by atoms with Crippen molar-refractivity contribution in [3.63, 3.8) is 0 Å². The van der Waals surface area contributed by atoms with Crippen molar-refractivity contribution in [3.05, 3.63) is 76.7 Å². The minimum Gasteiger partial charge on any atom is -0.493 e. The van der Waals surface area contributed by atoms with Gasteiger partial charge in [0.2, 0.25) is 11.6 Å². The van der Waals surface area contributed by atoms with E-state index in [2.05, 4.69) is 13.0 Å². The van der Waals surface area contributed by atoms with Crippen molar-refractivity contribution < 1.29 is 38.0 Å². The van der Waals surface area contributed by atoms with Crippen LogP contribution in [0, 0.1) is 11.3 Å². The molecule has 1 aliphatic rings. The first kappa shape index (κ1) is 29.9. The molecule has 10 heteroatoms. The second-order valence-electron chi connectivity index (χ2n) is 9.39. The van der Waals surface area contributed by atoms with Crippen molar-refractivity contribution in [1.82, 2.24) is 0 Å². The Morgan fingerprint density at radius 1 is 0.905 bits per heavy atom. The summed E-state index contributed by atoms with van der Waals surface area (Å²) in [6.45, 7) is 2.72. The van der Waals surface area contributed by atoms with Crippen LogP contribution in [0.3, 0.4) is 0 Å². The summed E-state index contributed by atoms with van der Waals surface area (Å²) in [6, 6.07) is 15.6. The molecule has 0 bridgehead atoms. The molecule has 0 saturated carbocycles. The number of methoxy groups -OCH3 is 4. The Labute approximate surface area is 245 Å². The first-order valence-electron chi connectivity index (χ1n) is 13.4. The zero-order valence-corrected chi connectivity index (χ0v) is 24.3. The lowest BCUT2D eigenvalue weighted by Gasteiger charge is -2.27. The predicted octanol–water partition coefficient (Wildman–Crippen LogP) is 5.73. The van der Waals surface area contributed by atoms with Crippen molar-refractivity contribution in [3.8, 4) is 46.3 Å². The Balaban J connectivity index is 1.64. The van der Waals surface area contributed by atoms with Gasteiger partial charge in [-0.2, -0.15) is 5.26 Å². The molecule has 3 aromatic carbocycles. The van der Waals surface area contributed by atoms with Gasteiger partial charge in [0.25, 0.3) is 0 Å². The summed E-state index contributed by atoms with van der Waals surface area (Å²) in [4.78, 5) is 13.1. The molecule has 220 valence electrons. The maximum absolute atomic E-state index is 13.1. The van der Waals surface area contributed by atoms with E-state index in [4.69, 9.17) is 38.9 Å². The summed E-state index contributed by atoms with van der Waals surface area (Å²) in [6.07, 6.45) is 3.12. The molecular formula is C32H34N2O8. The van der Waals surface area contributed by atoms with Gasteiger partial charge in [0, 0.05) is 11.6 Å². The van der Waals surface area contributed by atoms with Crippen LogP contribution in [0.15, 0.2) is 60.0 Å². The molecule has 1 unspecified atom stereocenters. The number of nitrogens with zero attached hydrogens (tertiary/aromatic N) is 1. The molecule has 1 heterocycles. The third-order valence-electron chi connectivity index (χ3n) is 6.83. The molecular weight excluding hydrogens is 540 g/mol. The average molecular weight is 575 g/mol. The number of unbranched alkanes of at least 4 members (excludes halogenated alkanes) is 2. The van der Waals surface area contributed by atoms with Crippen molar-refractivity contribution in [1.29, 1.82) is 5.26 Å². The van der Waals surface area contributed by atoms with Gasteiger partial charge in [0.05, 0.1) is 46.5 Å². The summed E-state index contributed by atoms with van der Waals surface area (Å²) >= 11 is 0. The molecule has 0 saturated heterocycles. The Bertz CT molecular complexity index is 1500. The zero-order valence-electron chi connectivity index (χ0n) is 24.3. The number of rotatable bonds is 12. The highest BCUT2D eigenvalue weighted by Crippen LogP contribution is 2.45. The second-order valence-corrected chi connectivity index (χ2v) is 9.39. The Hall–Kier alpha value is -5.04. The molecule has 0 spiro atoms. The largest absolute Gasteiger partial charge is 0.493 e. The lowest BCUT2D eigenvalue weighted by molar-refractivity contribution is 0.0733. The predicted molar refractivity (Wildman–Crippen MR) is 155 cm³/mol. The number of carbonyl (C=O) groups is 1. The fraction of sp³-hybridized carbons (Fsp3) is 0.312. The number of nitrogens with two attached hydrogens (primary N) is 1. The minimum absolute atomic E-state index is 0.0398. The summed E-state index contributed by atoms with van der Waals surface area (Å²) in [5, 5.41) is 9.97. The number of carbonyl (C=O) groups excluding carboxylic acids is 1. The summed E-state index contributed by atoms with van der Waals surface area (Å²) in [5.74, 6) is 1.49. The molecule has 3 aromatic rings. The van der Waals surface area contributed by atoms with E-state index in [9.17, 15) is 10.1 Å². The molecule has 0 aliphatic carbocycles. The number of benzene rings is 3. The van der Waals surface area contributed by atoms with Crippen LogP contribution in [0.4, 0.5) is 0 Å². The van der Waals surface area contributed by atoms with Gasteiger partial charge < -0.3 is 38.9 Å². The van der Waals surface area contributed by atoms with Gasteiger partial charge in [0.15, 0.2) is 23.0 Å². The summed E-state index contributed by atoms with van der Waals surface area (Å²) in [7, 11) is 5.96. The molecule has 0 amide bonds. The van der Waals surface area contributed by atoms with E-state index in [0.29, 0.717) is 46.7 Å². The summed E-state index contributed by atoms with van der Waals surface area (Å²) < 4.78 is 39.0. The highest BCUT2D eigenvalue weighted by Gasteiger charge is 2.32. The van der Waals surface area contributed by atoms with Gasteiger partial charge in [-0.3, -0.25) is 0 Å². The molecule has 2 N–H and O–H groups in total. The Morgan fingerprint density at radius 2 is 1.62 bits per heavy atom. The second kappa shape index (κ2) is 13.5. The average Bonchev–Trinajstić information content (AvgIpc) is 3.01. The van der Waals surface area contributed by atoms with Crippen molar-refractivity contribution in [2.24, 2.45) is 5.73 Å². The quantitative estimate of drug-likeness (QED) is 0.163. The molecule has 0 radical (unpaired) electrons. The molecule has 0 aromatic heterocycles. The fourth-order valence-electron chi connectivity index (χ4n) is 4.72. The van der Waals surface area contributed by atoms with Gasteiger partial charge in [-0.25, -0.2) is 4.79 Å². The number of hydrogen-bond acceptors (Lipinski definition) is 10. The SMILES string of the molecule is CCCCCOc1ccc(C2C(C#N)=C(N)Oc3cc(OC(=O)c4cc(OC)c(OC)c(OC)c4)ccc32)cc1OC. The number of hydrogen-bond donors (Lipinski definition) is 1. The van der Waals surface area contributed by atoms with Crippen LogP contribution in [0.1, 0.15) is 53.6 Å².